The molecule has 0 radical (unpaired) electrons. The number of nitrogens with one attached hydrogen (secondary N) is 1. The topological polar surface area (TPSA) is 34.1 Å². The molecule has 2 aliphatic carbocycles. The van der Waals surface area contributed by atoms with Crippen molar-refractivity contribution in [1.29, 1.82) is 0 Å². The summed E-state index contributed by atoms with van der Waals surface area (Å²) in [7, 11) is 0. The van der Waals surface area contributed by atoms with Crippen LogP contribution >= 0.6 is 11.3 Å². The van der Waals surface area contributed by atoms with Gasteiger partial charge in [0.2, 0.25) is 0 Å². The van der Waals surface area contributed by atoms with Crippen LogP contribution in [0, 0.1) is 0 Å². The molecular formula is C15H22F2N2OS. The maximum absolute atomic E-state index is 12.0. The van der Waals surface area contributed by atoms with E-state index in [1.54, 1.807) is 11.3 Å². The number of nitrogens with zero attached hydrogens (tertiary/aromatic N) is 1. The van der Waals surface area contributed by atoms with E-state index in [1.807, 2.05) is 0 Å². The molecule has 0 bridgehead atoms. The zero-order chi connectivity index (χ0) is 14.7. The van der Waals surface area contributed by atoms with Crippen molar-refractivity contribution < 1.29 is 13.5 Å². The van der Waals surface area contributed by atoms with E-state index in [0.29, 0.717) is 18.9 Å². The van der Waals surface area contributed by atoms with Crippen LogP contribution < -0.4 is 5.32 Å². The van der Waals surface area contributed by atoms with Crippen LogP contribution in [0.4, 0.5) is 8.78 Å². The molecule has 1 N–H and O–H groups in total. The van der Waals surface area contributed by atoms with Gasteiger partial charge in [0.25, 0.3) is 6.43 Å². The molecule has 0 spiro atoms. The molecule has 1 saturated carbocycles. The molecule has 1 aromatic heterocycles. The fraction of sp³-hybridized carbons (Fsp3) is 0.800. The molecule has 3 rings (SSSR count). The standard InChI is InChI=1S/C15H22F2N2OS/c16-13(17)9-20-7-6-14-19-15-10(8-18-11-4-5-11)2-1-3-12(15)21-14/h10-11,13,18H,1-9H2. The van der Waals surface area contributed by atoms with Crippen molar-refractivity contribution in [2.24, 2.45) is 0 Å². The van der Waals surface area contributed by atoms with Crippen molar-refractivity contribution in [2.45, 2.75) is 56.9 Å². The number of ether oxygens (including phenoxy) is 1. The zero-order valence-corrected chi connectivity index (χ0v) is 12.9. The first-order valence-electron chi connectivity index (χ1n) is 7.80. The SMILES string of the molecule is FC(F)COCCc1nc2c(s1)CCCC2CNC1CC1. The van der Waals surface area contributed by atoms with Gasteiger partial charge in [-0.3, -0.25) is 0 Å². The molecule has 2 aliphatic rings. The largest absolute Gasteiger partial charge is 0.375 e. The summed E-state index contributed by atoms with van der Waals surface area (Å²) in [6.07, 6.45) is 4.43. The number of aryl methyl sites for hydroxylation is 1. The molecule has 1 unspecified atom stereocenters. The third kappa shape index (κ3) is 4.44. The Bertz CT molecular complexity index is 463. The van der Waals surface area contributed by atoms with E-state index in [4.69, 9.17) is 9.72 Å². The van der Waals surface area contributed by atoms with E-state index < -0.39 is 13.0 Å². The van der Waals surface area contributed by atoms with Crippen LogP contribution in [0.2, 0.25) is 0 Å². The Balaban J connectivity index is 1.52. The van der Waals surface area contributed by atoms with Gasteiger partial charge in [0.05, 0.1) is 17.3 Å². The highest BCUT2D eigenvalue weighted by Gasteiger charge is 2.27. The summed E-state index contributed by atoms with van der Waals surface area (Å²) in [6.45, 7) is 0.892. The minimum absolute atomic E-state index is 0.335. The summed E-state index contributed by atoms with van der Waals surface area (Å²) in [5.41, 5.74) is 1.25. The molecule has 118 valence electrons. The molecular weight excluding hydrogens is 294 g/mol. The molecule has 0 aromatic carbocycles. The number of halogens is 2. The molecule has 1 atom stereocenters. The number of thiazole rings is 1. The second-order valence-electron chi connectivity index (χ2n) is 5.90. The third-order valence-corrected chi connectivity index (χ3v) is 5.24. The maximum atomic E-state index is 12.0. The van der Waals surface area contributed by atoms with Crippen LogP contribution in [0.5, 0.6) is 0 Å². The van der Waals surface area contributed by atoms with Crippen LogP contribution in [-0.2, 0) is 17.6 Å². The lowest BCUT2D eigenvalue weighted by Gasteiger charge is -2.21. The van der Waals surface area contributed by atoms with E-state index in [-0.39, 0.29) is 0 Å². The molecule has 1 heterocycles. The Morgan fingerprint density at radius 2 is 2.19 bits per heavy atom. The van der Waals surface area contributed by atoms with E-state index in [1.165, 1.54) is 36.3 Å². The predicted molar refractivity (Wildman–Crippen MR) is 79.3 cm³/mol. The van der Waals surface area contributed by atoms with E-state index in [2.05, 4.69) is 5.32 Å². The lowest BCUT2D eigenvalue weighted by Crippen LogP contribution is -2.25. The van der Waals surface area contributed by atoms with E-state index in [0.717, 1.165) is 24.0 Å². The van der Waals surface area contributed by atoms with Gasteiger partial charge in [-0.25, -0.2) is 13.8 Å². The van der Waals surface area contributed by atoms with Gasteiger partial charge in [-0.05, 0) is 32.1 Å². The van der Waals surface area contributed by atoms with Gasteiger partial charge in [-0.1, -0.05) is 0 Å². The zero-order valence-electron chi connectivity index (χ0n) is 12.1. The number of hydrogen-bond donors (Lipinski definition) is 1. The fourth-order valence-electron chi connectivity index (χ4n) is 2.79. The van der Waals surface area contributed by atoms with Gasteiger partial charge in [-0.15, -0.1) is 11.3 Å². The lowest BCUT2D eigenvalue weighted by atomic mass is 9.91. The second kappa shape index (κ2) is 7.11. The van der Waals surface area contributed by atoms with Gasteiger partial charge in [0.1, 0.15) is 6.61 Å². The predicted octanol–water partition coefficient (Wildman–Crippen LogP) is 3.14. The molecule has 21 heavy (non-hydrogen) atoms. The highest BCUT2D eigenvalue weighted by Crippen LogP contribution is 2.35. The number of fused-ring (bicyclic) bond motifs is 1. The number of hydrogen-bond acceptors (Lipinski definition) is 4. The van der Waals surface area contributed by atoms with E-state index in [9.17, 15) is 8.78 Å². The van der Waals surface area contributed by atoms with Gasteiger partial charge >= 0.3 is 0 Å². The summed E-state index contributed by atoms with van der Waals surface area (Å²) in [4.78, 5) is 6.15. The molecule has 0 amide bonds. The minimum atomic E-state index is -2.38. The summed E-state index contributed by atoms with van der Waals surface area (Å²) < 4.78 is 29.0. The smallest absolute Gasteiger partial charge is 0.261 e. The number of aromatic nitrogens is 1. The summed E-state index contributed by atoms with van der Waals surface area (Å²) in [5, 5.41) is 4.63. The first kappa shape index (κ1) is 15.3. The average molecular weight is 316 g/mol. The molecule has 0 saturated heterocycles. The van der Waals surface area contributed by atoms with Crippen LogP contribution in [0.25, 0.3) is 0 Å². The van der Waals surface area contributed by atoms with Crippen LogP contribution in [0.1, 0.15) is 47.2 Å². The Morgan fingerprint density at radius 1 is 1.33 bits per heavy atom. The van der Waals surface area contributed by atoms with Crippen LogP contribution in [0.15, 0.2) is 0 Å². The molecule has 6 heteroatoms. The van der Waals surface area contributed by atoms with Crippen molar-refractivity contribution in [3.63, 3.8) is 0 Å². The quantitative estimate of drug-likeness (QED) is 0.748. The number of alkyl halides is 2. The summed E-state index contributed by atoms with van der Waals surface area (Å²) >= 11 is 1.74. The minimum Gasteiger partial charge on any atom is -0.375 e. The van der Waals surface area contributed by atoms with E-state index >= 15 is 0 Å². The number of rotatable bonds is 8. The fourth-order valence-corrected chi connectivity index (χ4v) is 3.97. The molecule has 1 fully saturated rings. The molecule has 0 aliphatic heterocycles. The van der Waals surface area contributed by atoms with Crippen LogP contribution in [0.3, 0.4) is 0 Å². The maximum Gasteiger partial charge on any atom is 0.261 e. The molecule has 1 aromatic rings. The Labute approximate surface area is 128 Å². The van der Waals surface area contributed by atoms with Crippen molar-refractivity contribution in [3.05, 3.63) is 15.6 Å². The first-order valence-corrected chi connectivity index (χ1v) is 8.61. The lowest BCUT2D eigenvalue weighted by molar-refractivity contribution is 0.0187. The van der Waals surface area contributed by atoms with Gasteiger partial charge in [0, 0.05) is 29.8 Å². The van der Waals surface area contributed by atoms with Gasteiger partial charge < -0.3 is 10.1 Å². The first-order chi connectivity index (χ1) is 10.2. The highest BCUT2D eigenvalue weighted by atomic mass is 32.1. The monoisotopic (exact) mass is 316 g/mol. The highest BCUT2D eigenvalue weighted by molar-refractivity contribution is 7.11. The van der Waals surface area contributed by atoms with Gasteiger partial charge in [-0.2, -0.15) is 0 Å². The van der Waals surface area contributed by atoms with Crippen molar-refractivity contribution >= 4 is 11.3 Å². The summed E-state index contributed by atoms with van der Waals surface area (Å²) in [5.74, 6) is 0.529. The summed E-state index contributed by atoms with van der Waals surface area (Å²) in [6, 6.07) is 0.733. The van der Waals surface area contributed by atoms with Crippen molar-refractivity contribution in [2.75, 3.05) is 19.8 Å². The Morgan fingerprint density at radius 3 is 2.95 bits per heavy atom. The second-order valence-corrected chi connectivity index (χ2v) is 7.07. The molecule has 3 nitrogen and oxygen atoms in total. The third-order valence-electron chi connectivity index (χ3n) is 4.05. The average Bonchev–Trinajstić information content (AvgIpc) is 3.19. The van der Waals surface area contributed by atoms with Crippen LogP contribution in [-0.4, -0.2) is 37.2 Å². The van der Waals surface area contributed by atoms with Gasteiger partial charge in [0.15, 0.2) is 0 Å². The van der Waals surface area contributed by atoms with Crippen molar-refractivity contribution in [1.82, 2.24) is 10.3 Å². The normalized spacial score (nSPS) is 21.8. The Kier molecular flexibility index (Phi) is 5.19. The Hall–Kier alpha value is -0.590. The van der Waals surface area contributed by atoms with Crippen molar-refractivity contribution in [3.8, 4) is 0 Å².